The van der Waals surface area contributed by atoms with E-state index in [-0.39, 0.29) is 5.41 Å². The summed E-state index contributed by atoms with van der Waals surface area (Å²) in [6.45, 7) is 8.95. The molecule has 0 saturated carbocycles. The predicted molar refractivity (Wildman–Crippen MR) is 78.3 cm³/mol. The van der Waals surface area contributed by atoms with Crippen molar-refractivity contribution in [3.05, 3.63) is 28.8 Å². The molecule has 1 nitrogen and oxygen atoms in total. The third-order valence-electron chi connectivity index (χ3n) is 3.40. The van der Waals surface area contributed by atoms with Crippen molar-refractivity contribution >= 4 is 28.9 Å². The maximum atomic E-state index is 5.99. The average Bonchev–Trinajstić information content (AvgIpc) is 2.25. The van der Waals surface area contributed by atoms with E-state index in [2.05, 4.69) is 39.6 Å². The van der Waals surface area contributed by atoms with Crippen LogP contribution in [-0.2, 0) is 5.88 Å². The van der Waals surface area contributed by atoms with Crippen LogP contribution in [0.15, 0.2) is 18.2 Å². The Hall–Kier alpha value is -0.400. The van der Waals surface area contributed by atoms with E-state index in [4.69, 9.17) is 23.2 Å². The number of alkyl halides is 1. The first-order valence-corrected chi connectivity index (χ1v) is 6.76. The fraction of sp³-hybridized carbons (Fsp3) is 0.571. The van der Waals surface area contributed by atoms with Crippen molar-refractivity contribution in [1.29, 1.82) is 0 Å². The number of benzene rings is 1. The predicted octanol–water partition coefficient (Wildman–Crippen LogP) is 4.95. The summed E-state index contributed by atoms with van der Waals surface area (Å²) < 4.78 is 0. The lowest BCUT2D eigenvalue weighted by Crippen LogP contribution is -2.39. The molecule has 17 heavy (non-hydrogen) atoms. The van der Waals surface area contributed by atoms with Crippen molar-refractivity contribution < 1.29 is 0 Å². The van der Waals surface area contributed by atoms with Gasteiger partial charge < -0.3 is 4.90 Å². The fourth-order valence-electron chi connectivity index (χ4n) is 1.79. The molecule has 3 heteroatoms. The summed E-state index contributed by atoms with van der Waals surface area (Å²) in [5, 5.41) is 0.737. The molecular weight excluding hydrogens is 253 g/mol. The molecular formula is C14H21Cl2N. The zero-order valence-electron chi connectivity index (χ0n) is 11.2. The summed E-state index contributed by atoms with van der Waals surface area (Å²) in [4.78, 5) is 2.27. The summed E-state index contributed by atoms with van der Waals surface area (Å²) in [7, 11) is 2.11. The first-order chi connectivity index (χ1) is 7.77. The van der Waals surface area contributed by atoms with E-state index in [9.17, 15) is 0 Å². The molecule has 0 spiro atoms. The van der Waals surface area contributed by atoms with Gasteiger partial charge in [-0.2, -0.15) is 0 Å². The Morgan fingerprint density at radius 3 is 2.35 bits per heavy atom. The molecule has 0 aliphatic heterocycles. The van der Waals surface area contributed by atoms with Crippen LogP contribution in [-0.4, -0.2) is 13.1 Å². The molecule has 0 fully saturated rings. The van der Waals surface area contributed by atoms with Crippen LogP contribution in [0.1, 0.15) is 33.3 Å². The topological polar surface area (TPSA) is 3.24 Å². The monoisotopic (exact) mass is 273 g/mol. The van der Waals surface area contributed by atoms with Gasteiger partial charge in [0.2, 0.25) is 0 Å². The van der Waals surface area contributed by atoms with Crippen molar-refractivity contribution in [3.8, 4) is 0 Å². The molecule has 0 N–H and O–H groups in total. The van der Waals surface area contributed by atoms with Gasteiger partial charge >= 0.3 is 0 Å². The Balaban J connectivity index is 3.08. The molecule has 0 heterocycles. The molecule has 1 atom stereocenters. The second-order valence-electron chi connectivity index (χ2n) is 5.56. The highest BCUT2D eigenvalue weighted by Gasteiger charge is 2.25. The van der Waals surface area contributed by atoms with E-state index in [0.717, 1.165) is 16.3 Å². The van der Waals surface area contributed by atoms with Crippen molar-refractivity contribution in [2.75, 3.05) is 11.9 Å². The van der Waals surface area contributed by atoms with Gasteiger partial charge in [-0.1, -0.05) is 32.4 Å². The maximum absolute atomic E-state index is 5.99. The SMILES string of the molecule is CC(N(C)c1ccc(Cl)cc1CCl)C(C)(C)C. The van der Waals surface area contributed by atoms with Crippen LogP contribution in [0.5, 0.6) is 0 Å². The summed E-state index contributed by atoms with van der Waals surface area (Å²) in [6.07, 6.45) is 0. The lowest BCUT2D eigenvalue weighted by atomic mass is 9.86. The summed E-state index contributed by atoms with van der Waals surface area (Å²) in [6, 6.07) is 6.32. The van der Waals surface area contributed by atoms with Crippen molar-refractivity contribution in [2.24, 2.45) is 5.41 Å². The van der Waals surface area contributed by atoms with Crippen LogP contribution in [0.25, 0.3) is 0 Å². The molecule has 0 radical (unpaired) electrons. The lowest BCUT2D eigenvalue weighted by Gasteiger charge is -2.37. The molecule has 0 aliphatic rings. The third-order valence-corrected chi connectivity index (χ3v) is 3.92. The van der Waals surface area contributed by atoms with Crippen LogP contribution in [0.2, 0.25) is 5.02 Å². The van der Waals surface area contributed by atoms with E-state index < -0.39 is 0 Å². The van der Waals surface area contributed by atoms with Gasteiger partial charge in [-0.3, -0.25) is 0 Å². The van der Waals surface area contributed by atoms with Crippen LogP contribution in [0, 0.1) is 5.41 Å². The van der Waals surface area contributed by atoms with E-state index in [0.29, 0.717) is 11.9 Å². The Morgan fingerprint density at radius 2 is 1.88 bits per heavy atom. The smallest absolute Gasteiger partial charge is 0.0495 e. The van der Waals surface area contributed by atoms with Crippen molar-refractivity contribution in [1.82, 2.24) is 0 Å². The summed E-state index contributed by atoms with van der Waals surface area (Å²) >= 11 is 12.0. The van der Waals surface area contributed by atoms with Gasteiger partial charge in [0.15, 0.2) is 0 Å². The van der Waals surface area contributed by atoms with E-state index in [1.807, 2.05) is 18.2 Å². The number of rotatable bonds is 3. The minimum atomic E-state index is 0.220. The molecule has 0 amide bonds. The van der Waals surface area contributed by atoms with Crippen molar-refractivity contribution in [2.45, 2.75) is 39.6 Å². The van der Waals surface area contributed by atoms with Crippen LogP contribution in [0.4, 0.5) is 5.69 Å². The van der Waals surface area contributed by atoms with Gasteiger partial charge in [-0.05, 0) is 36.1 Å². The molecule has 0 saturated heterocycles. The zero-order chi connectivity index (χ0) is 13.2. The quantitative estimate of drug-likeness (QED) is 0.705. The minimum absolute atomic E-state index is 0.220. The third kappa shape index (κ3) is 3.53. The molecule has 1 aromatic carbocycles. The van der Waals surface area contributed by atoms with Gasteiger partial charge in [-0.15, -0.1) is 11.6 Å². The second-order valence-corrected chi connectivity index (χ2v) is 6.26. The maximum Gasteiger partial charge on any atom is 0.0495 e. The van der Waals surface area contributed by atoms with Crippen LogP contribution in [0.3, 0.4) is 0 Å². The Bertz CT molecular complexity index is 382. The van der Waals surface area contributed by atoms with Crippen LogP contribution >= 0.6 is 23.2 Å². The highest BCUT2D eigenvalue weighted by Crippen LogP contribution is 2.31. The Morgan fingerprint density at radius 1 is 1.29 bits per heavy atom. The number of anilines is 1. The largest absolute Gasteiger partial charge is 0.371 e. The lowest BCUT2D eigenvalue weighted by molar-refractivity contribution is 0.329. The normalized spacial score (nSPS) is 13.6. The number of halogens is 2. The van der Waals surface area contributed by atoms with Crippen LogP contribution < -0.4 is 4.90 Å². The Labute approximate surface area is 115 Å². The Kier molecular flexibility index (Phi) is 4.74. The van der Waals surface area contributed by atoms with E-state index in [1.54, 1.807) is 0 Å². The van der Waals surface area contributed by atoms with Gasteiger partial charge in [0.1, 0.15) is 0 Å². The van der Waals surface area contributed by atoms with Gasteiger partial charge in [0, 0.05) is 29.7 Å². The van der Waals surface area contributed by atoms with Gasteiger partial charge in [0.05, 0.1) is 0 Å². The molecule has 0 bridgehead atoms. The highest BCUT2D eigenvalue weighted by molar-refractivity contribution is 6.30. The highest BCUT2D eigenvalue weighted by atomic mass is 35.5. The minimum Gasteiger partial charge on any atom is -0.371 e. The second kappa shape index (κ2) is 5.49. The fourth-order valence-corrected chi connectivity index (χ4v) is 2.20. The summed E-state index contributed by atoms with van der Waals surface area (Å²) in [5.41, 5.74) is 2.46. The molecule has 1 rings (SSSR count). The molecule has 1 aromatic rings. The number of hydrogen-bond donors (Lipinski definition) is 0. The molecule has 96 valence electrons. The molecule has 0 aromatic heterocycles. The molecule has 1 unspecified atom stereocenters. The summed E-state index contributed by atoms with van der Waals surface area (Å²) in [5.74, 6) is 0.483. The number of hydrogen-bond acceptors (Lipinski definition) is 1. The number of nitrogens with zero attached hydrogens (tertiary/aromatic N) is 1. The van der Waals surface area contributed by atoms with E-state index >= 15 is 0 Å². The zero-order valence-corrected chi connectivity index (χ0v) is 12.7. The standard InChI is InChI=1S/C14H21Cl2N/c1-10(14(2,3)4)17(5)13-7-6-12(16)8-11(13)9-15/h6-8,10H,9H2,1-5H3. The molecule has 0 aliphatic carbocycles. The van der Waals surface area contributed by atoms with E-state index in [1.165, 1.54) is 0 Å². The first kappa shape index (κ1) is 14.7. The average molecular weight is 274 g/mol. The first-order valence-electron chi connectivity index (χ1n) is 5.84. The van der Waals surface area contributed by atoms with Gasteiger partial charge in [0.25, 0.3) is 0 Å². The van der Waals surface area contributed by atoms with Crippen molar-refractivity contribution in [3.63, 3.8) is 0 Å². The van der Waals surface area contributed by atoms with Gasteiger partial charge in [-0.25, -0.2) is 0 Å².